The molecule has 3 rings (SSSR count). The van der Waals surface area contributed by atoms with Crippen LogP contribution in [0.25, 0.3) is 0 Å². The van der Waals surface area contributed by atoms with Crippen molar-refractivity contribution in [1.82, 2.24) is 19.7 Å². The first-order valence-corrected chi connectivity index (χ1v) is 9.51. The van der Waals surface area contributed by atoms with Crippen molar-refractivity contribution < 1.29 is 4.79 Å². The summed E-state index contributed by atoms with van der Waals surface area (Å²) in [5.41, 5.74) is 1.15. The van der Waals surface area contributed by atoms with Gasteiger partial charge in [0, 0.05) is 20.0 Å². The van der Waals surface area contributed by atoms with E-state index in [0.29, 0.717) is 5.75 Å². The third-order valence-electron chi connectivity index (χ3n) is 4.66. The van der Waals surface area contributed by atoms with Crippen LogP contribution in [0, 0.1) is 0 Å². The fourth-order valence-corrected chi connectivity index (χ4v) is 3.87. The molecule has 128 valence electrons. The highest BCUT2D eigenvalue weighted by Crippen LogP contribution is 2.24. The predicted molar refractivity (Wildman–Crippen MR) is 95.9 cm³/mol. The summed E-state index contributed by atoms with van der Waals surface area (Å²) in [7, 11) is 1.87. The molecule has 0 N–H and O–H groups in total. The molecule has 1 aromatic carbocycles. The van der Waals surface area contributed by atoms with Gasteiger partial charge < -0.3 is 9.47 Å². The lowest BCUT2D eigenvalue weighted by Gasteiger charge is -2.25. The van der Waals surface area contributed by atoms with Crippen molar-refractivity contribution >= 4 is 17.7 Å². The molecular formula is C18H24N4OS. The van der Waals surface area contributed by atoms with Crippen molar-refractivity contribution in [3.8, 4) is 0 Å². The van der Waals surface area contributed by atoms with E-state index in [-0.39, 0.29) is 11.9 Å². The first kappa shape index (κ1) is 17.0. The molecule has 2 heterocycles. The van der Waals surface area contributed by atoms with Crippen LogP contribution in [0.4, 0.5) is 0 Å². The summed E-state index contributed by atoms with van der Waals surface area (Å²) in [6, 6.07) is 10.2. The third kappa shape index (κ3) is 3.80. The quantitative estimate of drug-likeness (QED) is 0.781. The molecule has 1 amide bonds. The predicted octanol–water partition coefficient (Wildman–Crippen LogP) is 3.32. The van der Waals surface area contributed by atoms with Gasteiger partial charge in [-0.3, -0.25) is 4.79 Å². The van der Waals surface area contributed by atoms with Crippen LogP contribution >= 0.6 is 11.8 Å². The van der Waals surface area contributed by atoms with E-state index in [1.165, 1.54) is 24.6 Å². The number of carbonyl (C=O) groups excluding carboxylic acids is 1. The second kappa shape index (κ2) is 7.83. The summed E-state index contributed by atoms with van der Waals surface area (Å²) < 4.78 is 2.19. The van der Waals surface area contributed by atoms with Gasteiger partial charge in [0.25, 0.3) is 0 Å². The molecule has 0 radical (unpaired) electrons. The Morgan fingerprint density at radius 2 is 2.04 bits per heavy atom. The number of hydrogen-bond donors (Lipinski definition) is 0. The number of aryl methyl sites for hydroxylation is 1. The average Bonchev–Trinajstić information content (AvgIpc) is 2.85. The molecule has 0 saturated carbocycles. The standard InChI is InChI=1S/C18H24N4OS/c1-14(15-9-5-3-6-10-15)21(2)17(23)13-24-18-20-19-16-11-7-4-8-12-22(16)18/h3,5-6,9-10,14H,4,7-8,11-13H2,1-2H3/t14-/m1/s1. The van der Waals surface area contributed by atoms with Crippen molar-refractivity contribution in [2.45, 2.75) is 50.4 Å². The van der Waals surface area contributed by atoms with Gasteiger partial charge >= 0.3 is 0 Å². The van der Waals surface area contributed by atoms with Gasteiger partial charge in [0.1, 0.15) is 5.82 Å². The zero-order chi connectivity index (χ0) is 16.9. The van der Waals surface area contributed by atoms with E-state index in [9.17, 15) is 4.79 Å². The number of thioether (sulfide) groups is 1. The molecule has 1 atom stereocenters. The van der Waals surface area contributed by atoms with Crippen LogP contribution in [0.15, 0.2) is 35.5 Å². The Kier molecular flexibility index (Phi) is 5.56. The fourth-order valence-electron chi connectivity index (χ4n) is 2.96. The van der Waals surface area contributed by atoms with Gasteiger partial charge in [-0.25, -0.2) is 0 Å². The van der Waals surface area contributed by atoms with Gasteiger partial charge in [-0.2, -0.15) is 0 Å². The molecule has 1 aliphatic heterocycles. The molecule has 2 aromatic rings. The second-order valence-corrected chi connectivity index (χ2v) is 7.18. The van der Waals surface area contributed by atoms with Crippen LogP contribution in [-0.4, -0.2) is 38.4 Å². The lowest BCUT2D eigenvalue weighted by Crippen LogP contribution is -2.31. The smallest absolute Gasteiger partial charge is 0.233 e. The van der Waals surface area contributed by atoms with Gasteiger partial charge in [0.15, 0.2) is 5.16 Å². The summed E-state index contributed by atoms with van der Waals surface area (Å²) in [5.74, 6) is 1.57. The Balaban J connectivity index is 1.60. The molecule has 0 bridgehead atoms. The van der Waals surface area contributed by atoms with E-state index in [4.69, 9.17) is 0 Å². The molecular weight excluding hydrogens is 320 g/mol. The molecule has 0 spiro atoms. The van der Waals surface area contributed by atoms with Crippen LogP contribution in [0.1, 0.15) is 43.6 Å². The Morgan fingerprint density at radius 1 is 1.25 bits per heavy atom. The highest BCUT2D eigenvalue weighted by Gasteiger charge is 2.20. The number of carbonyl (C=O) groups is 1. The highest BCUT2D eigenvalue weighted by atomic mass is 32.2. The van der Waals surface area contributed by atoms with Crippen molar-refractivity contribution in [2.75, 3.05) is 12.8 Å². The normalized spacial score (nSPS) is 15.4. The van der Waals surface area contributed by atoms with Gasteiger partial charge in [0.2, 0.25) is 5.91 Å². The topological polar surface area (TPSA) is 51.0 Å². The van der Waals surface area contributed by atoms with Crippen LogP contribution in [0.3, 0.4) is 0 Å². The Bertz CT molecular complexity index is 686. The van der Waals surface area contributed by atoms with E-state index in [0.717, 1.165) is 35.9 Å². The van der Waals surface area contributed by atoms with Crippen molar-refractivity contribution in [3.63, 3.8) is 0 Å². The number of fused-ring (bicyclic) bond motifs is 1. The number of amides is 1. The highest BCUT2D eigenvalue weighted by molar-refractivity contribution is 7.99. The van der Waals surface area contributed by atoms with Crippen molar-refractivity contribution in [1.29, 1.82) is 0 Å². The van der Waals surface area contributed by atoms with Crippen LogP contribution < -0.4 is 0 Å². The van der Waals surface area contributed by atoms with E-state index < -0.39 is 0 Å². The van der Waals surface area contributed by atoms with Gasteiger partial charge in [-0.15, -0.1) is 10.2 Å². The number of hydrogen-bond acceptors (Lipinski definition) is 4. The molecule has 0 fully saturated rings. The first-order valence-electron chi connectivity index (χ1n) is 8.52. The Hall–Kier alpha value is -1.82. The monoisotopic (exact) mass is 344 g/mol. The van der Waals surface area contributed by atoms with E-state index in [1.54, 1.807) is 0 Å². The molecule has 1 aromatic heterocycles. The SMILES string of the molecule is C[C@H](c1ccccc1)N(C)C(=O)CSc1nnc2n1CCCCC2. The van der Waals surface area contributed by atoms with Crippen molar-refractivity contribution in [2.24, 2.45) is 0 Å². The first-order chi connectivity index (χ1) is 11.7. The average molecular weight is 344 g/mol. The van der Waals surface area contributed by atoms with E-state index in [1.807, 2.05) is 30.1 Å². The minimum Gasteiger partial charge on any atom is -0.338 e. The lowest BCUT2D eigenvalue weighted by atomic mass is 10.1. The third-order valence-corrected chi connectivity index (χ3v) is 5.61. The summed E-state index contributed by atoms with van der Waals surface area (Å²) in [6.45, 7) is 3.02. The zero-order valence-corrected chi connectivity index (χ0v) is 15.1. The lowest BCUT2D eigenvalue weighted by molar-refractivity contribution is -0.128. The summed E-state index contributed by atoms with van der Waals surface area (Å²) >= 11 is 1.50. The van der Waals surface area contributed by atoms with Gasteiger partial charge in [-0.05, 0) is 25.3 Å². The molecule has 0 unspecified atom stereocenters. The van der Waals surface area contributed by atoms with Gasteiger partial charge in [0.05, 0.1) is 11.8 Å². The fraction of sp³-hybridized carbons (Fsp3) is 0.500. The minimum atomic E-state index is 0.0646. The minimum absolute atomic E-state index is 0.0646. The van der Waals surface area contributed by atoms with Crippen LogP contribution in [0.5, 0.6) is 0 Å². The molecule has 24 heavy (non-hydrogen) atoms. The molecule has 5 nitrogen and oxygen atoms in total. The van der Waals surface area contributed by atoms with Crippen molar-refractivity contribution in [3.05, 3.63) is 41.7 Å². The summed E-state index contributed by atoms with van der Waals surface area (Å²) in [5, 5.41) is 9.44. The maximum Gasteiger partial charge on any atom is 0.233 e. The summed E-state index contributed by atoms with van der Waals surface area (Å²) in [4.78, 5) is 14.3. The molecule has 1 aliphatic rings. The molecule has 0 saturated heterocycles. The Morgan fingerprint density at radius 3 is 2.83 bits per heavy atom. The Labute approximate surface area is 147 Å². The number of rotatable bonds is 5. The number of aromatic nitrogens is 3. The molecule has 6 heteroatoms. The van der Waals surface area contributed by atoms with Crippen LogP contribution in [0.2, 0.25) is 0 Å². The largest absolute Gasteiger partial charge is 0.338 e. The van der Waals surface area contributed by atoms with Crippen LogP contribution in [-0.2, 0) is 17.8 Å². The zero-order valence-electron chi connectivity index (χ0n) is 14.3. The molecule has 0 aliphatic carbocycles. The number of nitrogens with zero attached hydrogens (tertiary/aromatic N) is 4. The maximum absolute atomic E-state index is 12.5. The van der Waals surface area contributed by atoms with E-state index in [2.05, 4.69) is 33.8 Å². The summed E-state index contributed by atoms with van der Waals surface area (Å²) in [6.07, 6.45) is 4.58. The second-order valence-electron chi connectivity index (χ2n) is 6.24. The number of benzene rings is 1. The maximum atomic E-state index is 12.5. The van der Waals surface area contributed by atoms with E-state index >= 15 is 0 Å². The van der Waals surface area contributed by atoms with Gasteiger partial charge in [-0.1, -0.05) is 48.5 Å².